The second-order valence-corrected chi connectivity index (χ2v) is 7.68. The molecule has 7 nitrogen and oxygen atoms in total. The summed E-state index contributed by atoms with van der Waals surface area (Å²) in [6, 6.07) is 9.23. The van der Waals surface area contributed by atoms with Gasteiger partial charge in [0.05, 0.1) is 0 Å². The monoisotopic (exact) mass is 368 g/mol. The molecular weight excluding hydrogens is 344 g/mol. The zero-order valence-corrected chi connectivity index (χ0v) is 15.7. The minimum atomic E-state index is -0.167. The number of piperidine rings is 1. The van der Waals surface area contributed by atoms with Gasteiger partial charge in [0.1, 0.15) is 6.04 Å². The van der Waals surface area contributed by atoms with Crippen molar-refractivity contribution < 1.29 is 14.0 Å². The Labute approximate surface area is 158 Å². The summed E-state index contributed by atoms with van der Waals surface area (Å²) < 4.78 is 5.62. The minimum absolute atomic E-state index is 0.00613. The molecule has 2 aliphatic rings. The van der Waals surface area contributed by atoms with E-state index >= 15 is 0 Å². The molecule has 7 heteroatoms. The van der Waals surface area contributed by atoms with Crippen molar-refractivity contribution >= 4 is 11.8 Å². The number of rotatable bonds is 2. The molecule has 2 aliphatic heterocycles. The SMILES string of the molecule is CC(=O)N1CC2(CCN(C(=O)c3ccccc3)CC2)CC1c1nnc(C)o1. The maximum Gasteiger partial charge on any atom is 0.253 e. The predicted molar refractivity (Wildman–Crippen MR) is 97.8 cm³/mol. The van der Waals surface area contributed by atoms with Gasteiger partial charge >= 0.3 is 0 Å². The minimum Gasteiger partial charge on any atom is -0.423 e. The van der Waals surface area contributed by atoms with Crippen molar-refractivity contribution in [1.82, 2.24) is 20.0 Å². The highest BCUT2D eigenvalue weighted by Crippen LogP contribution is 2.48. The summed E-state index contributed by atoms with van der Waals surface area (Å²) in [4.78, 5) is 28.7. The van der Waals surface area contributed by atoms with E-state index in [9.17, 15) is 9.59 Å². The van der Waals surface area contributed by atoms with E-state index in [4.69, 9.17) is 4.42 Å². The molecule has 4 rings (SSSR count). The van der Waals surface area contributed by atoms with E-state index < -0.39 is 0 Å². The van der Waals surface area contributed by atoms with Crippen LogP contribution in [0.3, 0.4) is 0 Å². The van der Waals surface area contributed by atoms with Crippen LogP contribution in [0.25, 0.3) is 0 Å². The molecule has 2 aromatic rings. The van der Waals surface area contributed by atoms with Gasteiger partial charge in [-0.3, -0.25) is 9.59 Å². The molecule has 0 aliphatic carbocycles. The standard InChI is InChI=1S/C20H24N4O3/c1-14-21-22-18(27-14)17-12-20(13-24(17)15(2)25)8-10-23(11-9-20)19(26)16-6-4-3-5-7-16/h3-7,17H,8-13H2,1-2H3. The Hall–Kier alpha value is -2.70. The lowest BCUT2D eigenvalue weighted by molar-refractivity contribution is -0.130. The summed E-state index contributed by atoms with van der Waals surface area (Å²) in [7, 11) is 0. The summed E-state index contributed by atoms with van der Waals surface area (Å²) >= 11 is 0. The fourth-order valence-corrected chi connectivity index (χ4v) is 4.36. The van der Waals surface area contributed by atoms with Gasteiger partial charge in [-0.25, -0.2) is 0 Å². The number of hydrogen-bond donors (Lipinski definition) is 0. The van der Waals surface area contributed by atoms with Crippen molar-refractivity contribution in [2.24, 2.45) is 5.41 Å². The van der Waals surface area contributed by atoms with Gasteiger partial charge in [0.25, 0.3) is 5.91 Å². The van der Waals surface area contributed by atoms with Crippen molar-refractivity contribution in [3.63, 3.8) is 0 Å². The van der Waals surface area contributed by atoms with Gasteiger partial charge in [0.2, 0.25) is 17.7 Å². The number of likely N-dealkylation sites (tertiary alicyclic amines) is 2. The van der Waals surface area contributed by atoms with E-state index in [1.54, 1.807) is 13.8 Å². The number of carbonyl (C=O) groups excluding carboxylic acids is 2. The first kappa shape index (κ1) is 17.7. The number of carbonyl (C=O) groups is 2. The predicted octanol–water partition coefficient (Wildman–Crippen LogP) is 2.59. The second-order valence-electron chi connectivity index (χ2n) is 7.68. The summed E-state index contributed by atoms with van der Waals surface area (Å²) in [5.41, 5.74) is 0.732. The molecule has 142 valence electrons. The second kappa shape index (κ2) is 6.79. The lowest BCUT2D eigenvalue weighted by Crippen LogP contribution is -2.44. The molecule has 2 saturated heterocycles. The van der Waals surface area contributed by atoms with E-state index in [0.717, 1.165) is 24.8 Å². The number of hydrogen-bond acceptors (Lipinski definition) is 5. The number of aromatic nitrogens is 2. The van der Waals surface area contributed by atoms with Crippen LogP contribution < -0.4 is 0 Å². The number of benzene rings is 1. The van der Waals surface area contributed by atoms with E-state index in [2.05, 4.69) is 10.2 Å². The van der Waals surface area contributed by atoms with Gasteiger partial charge in [0, 0.05) is 39.0 Å². The van der Waals surface area contributed by atoms with E-state index in [0.29, 0.717) is 31.4 Å². The highest BCUT2D eigenvalue weighted by molar-refractivity contribution is 5.94. The van der Waals surface area contributed by atoms with Crippen LogP contribution in [0.5, 0.6) is 0 Å². The Bertz CT molecular complexity index is 840. The molecule has 1 atom stereocenters. The van der Waals surface area contributed by atoms with Crippen molar-refractivity contribution in [1.29, 1.82) is 0 Å². The molecule has 1 aromatic carbocycles. The number of aryl methyl sites for hydroxylation is 1. The summed E-state index contributed by atoms with van der Waals surface area (Å²) in [5, 5.41) is 8.07. The van der Waals surface area contributed by atoms with Gasteiger partial charge in [-0.15, -0.1) is 10.2 Å². The van der Waals surface area contributed by atoms with Crippen LogP contribution in [-0.4, -0.2) is 51.4 Å². The first-order valence-electron chi connectivity index (χ1n) is 9.39. The maximum atomic E-state index is 12.7. The molecule has 2 fully saturated rings. The van der Waals surface area contributed by atoms with Crippen LogP contribution in [0.2, 0.25) is 0 Å². The normalized spacial score (nSPS) is 21.6. The Morgan fingerprint density at radius 1 is 1.15 bits per heavy atom. The molecule has 27 heavy (non-hydrogen) atoms. The third-order valence-corrected chi connectivity index (χ3v) is 5.87. The van der Waals surface area contributed by atoms with Crippen molar-refractivity contribution in [2.75, 3.05) is 19.6 Å². The molecule has 1 unspecified atom stereocenters. The zero-order chi connectivity index (χ0) is 19.0. The van der Waals surface area contributed by atoms with Crippen molar-refractivity contribution in [3.05, 3.63) is 47.7 Å². The van der Waals surface area contributed by atoms with Crippen LogP contribution in [0.15, 0.2) is 34.7 Å². The molecule has 2 amide bonds. The Kier molecular flexibility index (Phi) is 4.45. The molecule has 1 aromatic heterocycles. The lowest BCUT2D eigenvalue weighted by atomic mass is 9.76. The third-order valence-electron chi connectivity index (χ3n) is 5.87. The summed E-state index contributed by atoms with van der Waals surface area (Å²) in [6.45, 7) is 5.43. The third kappa shape index (κ3) is 3.34. The van der Waals surface area contributed by atoms with Crippen LogP contribution in [-0.2, 0) is 4.79 Å². The first-order valence-corrected chi connectivity index (χ1v) is 9.39. The topological polar surface area (TPSA) is 79.5 Å². The molecule has 0 bridgehead atoms. The fraction of sp³-hybridized carbons (Fsp3) is 0.500. The summed E-state index contributed by atoms with van der Waals surface area (Å²) in [6.07, 6.45) is 2.56. The highest BCUT2D eigenvalue weighted by Gasteiger charge is 2.49. The van der Waals surface area contributed by atoms with E-state index in [1.807, 2.05) is 40.1 Å². The van der Waals surface area contributed by atoms with Crippen LogP contribution >= 0.6 is 0 Å². The summed E-state index contributed by atoms with van der Waals surface area (Å²) in [5.74, 6) is 1.13. The Morgan fingerprint density at radius 2 is 1.85 bits per heavy atom. The highest BCUT2D eigenvalue weighted by atomic mass is 16.4. The molecule has 0 N–H and O–H groups in total. The average molecular weight is 368 g/mol. The lowest BCUT2D eigenvalue weighted by Gasteiger charge is -2.39. The van der Waals surface area contributed by atoms with Gasteiger partial charge < -0.3 is 14.2 Å². The maximum absolute atomic E-state index is 12.7. The molecule has 1 spiro atoms. The van der Waals surface area contributed by atoms with Crippen LogP contribution in [0.4, 0.5) is 0 Å². The van der Waals surface area contributed by atoms with Gasteiger partial charge in [0.15, 0.2) is 0 Å². The smallest absolute Gasteiger partial charge is 0.253 e. The largest absolute Gasteiger partial charge is 0.423 e. The molecule has 3 heterocycles. The zero-order valence-electron chi connectivity index (χ0n) is 15.7. The molecular formula is C20H24N4O3. The van der Waals surface area contributed by atoms with E-state index in [-0.39, 0.29) is 23.3 Å². The quantitative estimate of drug-likeness (QED) is 0.814. The van der Waals surface area contributed by atoms with Crippen LogP contribution in [0.1, 0.15) is 54.4 Å². The number of amides is 2. The Balaban J connectivity index is 1.47. The van der Waals surface area contributed by atoms with Gasteiger partial charge in [-0.05, 0) is 36.8 Å². The van der Waals surface area contributed by atoms with Gasteiger partial charge in [-0.1, -0.05) is 18.2 Å². The van der Waals surface area contributed by atoms with Gasteiger partial charge in [-0.2, -0.15) is 0 Å². The Morgan fingerprint density at radius 3 is 2.44 bits per heavy atom. The fourth-order valence-electron chi connectivity index (χ4n) is 4.36. The number of nitrogens with zero attached hydrogens (tertiary/aromatic N) is 4. The van der Waals surface area contributed by atoms with Crippen LogP contribution in [0, 0.1) is 12.3 Å². The first-order chi connectivity index (χ1) is 13.0. The van der Waals surface area contributed by atoms with E-state index in [1.165, 1.54) is 0 Å². The van der Waals surface area contributed by atoms with Crippen molar-refractivity contribution in [3.8, 4) is 0 Å². The average Bonchev–Trinajstić information content (AvgIpc) is 3.27. The van der Waals surface area contributed by atoms with Crippen molar-refractivity contribution in [2.45, 2.75) is 39.2 Å². The molecule has 0 radical (unpaired) electrons. The molecule has 0 saturated carbocycles.